The maximum absolute atomic E-state index is 2.52. The average Bonchev–Trinajstić information content (AvgIpc) is 3.86. The molecule has 0 spiro atoms. The van der Waals surface area contributed by atoms with Crippen molar-refractivity contribution in [1.29, 1.82) is 0 Å². The molecule has 2 nitrogen and oxygen atoms in total. The molecular weight excluding hydrogens is 684 g/mol. The van der Waals surface area contributed by atoms with Gasteiger partial charge in [0.2, 0.25) is 0 Å². The van der Waals surface area contributed by atoms with Crippen LogP contribution < -0.4 is 0 Å². The van der Waals surface area contributed by atoms with Crippen LogP contribution in [0, 0.1) is 0 Å². The first-order chi connectivity index (χ1) is 25.3. The van der Waals surface area contributed by atoms with Gasteiger partial charge in [-0.05, 0) is 0 Å². The van der Waals surface area contributed by atoms with Crippen molar-refractivity contribution >= 4 is 77.4 Å². The van der Waals surface area contributed by atoms with Gasteiger partial charge in [-0.2, -0.15) is 0 Å². The van der Waals surface area contributed by atoms with Crippen LogP contribution in [0.1, 0.15) is 0 Å². The molecule has 238 valence electrons. The van der Waals surface area contributed by atoms with Crippen LogP contribution in [0.15, 0.2) is 182 Å². The van der Waals surface area contributed by atoms with Crippen LogP contribution in [-0.4, -0.2) is 23.6 Å². The van der Waals surface area contributed by atoms with Crippen LogP contribution in [0.25, 0.3) is 96.5 Å². The Morgan fingerprint density at radius 1 is 0.353 bits per heavy atom. The van der Waals surface area contributed by atoms with E-state index in [1.54, 1.807) is 0 Å². The number of hydrogen-bond donors (Lipinski definition) is 0. The van der Waals surface area contributed by atoms with Crippen molar-refractivity contribution in [1.82, 2.24) is 9.13 Å². The van der Waals surface area contributed by atoms with E-state index in [-0.39, 0.29) is 14.5 Å². The molecule has 3 heterocycles. The predicted octanol–water partition coefficient (Wildman–Crippen LogP) is 12.6. The van der Waals surface area contributed by atoms with Gasteiger partial charge >= 0.3 is 302 Å². The molecule has 0 atom stereocenters. The van der Waals surface area contributed by atoms with Crippen molar-refractivity contribution in [3.63, 3.8) is 0 Å². The predicted molar refractivity (Wildman–Crippen MR) is 218 cm³/mol. The summed E-state index contributed by atoms with van der Waals surface area (Å²) in [6.45, 7) is 0. The van der Waals surface area contributed by atoms with Gasteiger partial charge in [0, 0.05) is 0 Å². The number of para-hydroxylation sites is 3. The monoisotopic (exact) mass is 714 g/mol. The minimum atomic E-state index is 0.183. The van der Waals surface area contributed by atoms with Gasteiger partial charge in [0.1, 0.15) is 0 Å². The summed E-state index contributed by atoms with van der Waals surface area (Å²) in [6.07, 6.45) is 0. The Labute approximate surface area is 300 Å². The van der Waals surface area contributed by atoms with Crippen LogP contribution in [0.3, 0.4) is 0 Å². The van der Waals surface area contributed by atoms with Crippen molar-refractivity contribution in [3.8, 4) is 33.6 Å². The molecule has 0 amide bonds. The van der Waals surface area contributed by atoms with Gasteiger partial charge in [-0.15, -0.1) is 0 Å². The molecular formula is C48H30N2Se. The summed E-state index contributed by atoms with van der Waals surface area (Å²) in [5.41, 5.74) is 12.4. The van der Waals surface area contributed by atoms with E-state index in [9.17, 15) is 0 Å². The topological polar surface area (TPSA) is 9.86 Å². The van der Waals surface area contributed by atoms with E-state index in [0.717, 1.165) is 0 Å². The van der Waals surface area contributed by atoms with Gasteiger partial charge in [-0.1, -0.05) is 0 Å². The fourth-order valence-electron chi connectivity index (χ4n) is 8.27. The molecule has 3 heteroatoms. The fraction of sp³-hybridized carbons (Fsp3) is 0. The van der Waals surface area contributed by atoms with Gasteiger partial charge in [0.15, 0.2) is 0 Å². The Balaban J connectivity index is 1.15. The standard InChI is InChI=1S/C48H30N2Se/c1-2-12-31(13-3-1)32-24-26-33(27-25-32)35-17-10-18-40-47-44(22-11-23-46(47)51-48(35)40)50-43-21-9-6-16-38(43)39-29-28-34(30-45(39)50)49-41-19-7-4-14-36(41)37-15-5-8-20-42(37)49/h1-30H. The quantitative estimate of drug-likeness (QED) is 0.161. The molecule has 0 aliphatic heterocycles. The summed E-state index contributed by atoms with van der Waals surface area (Å²) < 4.78 is 7.85. The van der Waals surface area contributed by atoms with Crippen LogP contribution in [0.4, 0.5) is 0 Å². The molecule has 0 aliphatic rings. The van der Waals surface area contributed by atoms with E-state index in [1.165, 1.54) is 96.5 Å². The number of nitrogens with zero attached hydrogens (tertiary/aromatic N) is 2. The summed E-state index contributed by atoms with van der Waals surface area (Å²) in [5, 5.41) is 7.81. The Hall–Kier alpha value is -6.12. The van der Waals surface area contributed by atoms with Crippen molar-refractivity contribution in [3.05, 3.63) is 182 Å². The second-order valence-corrected chi connectivity index (χ2v) is 15.5. The molecule has 0 bridgehead atoms. The van der Waals surface area contributed by atoms with Gasteiger partial charge < -0.3 is 0 Å². The van der Waals surface area contributed by atoms with E-state index < -0.39 is 0 Å². The first kappa shape index (κ1) is 28.7. The summed E-state index contributed by atoms with van der Waals surface area (Å²) in [7, 11) is 0. The first-order valence-corrected chi connectivity index (χ1v) is 19.2. The average molecular weight is 714 g/mol. The summed E-state index contributed by atoms with van der Waals surface area (Å²) >= 11 is 0.183. The maximum atomic E-state index is 2.52. The zero-order valence-corrected chi connectivity index (χ0v) is 29.3. The van der Waals surface area contributed by atoms with E-state index in [0.29, 0.717) is 0 Å². The van der Waals surface area contributed by atoms with Crippen molar-refractivity contribution in [2.24, 2.45) is 0 Å². The third-order valence-electron chi connectivity index (χ3n) is 10.5. The van der Waals surface area contributed by atoms with Crippen LogP contribution in [0.2, 0.25) is 0 Å². The molecule has 11 aromatic rings. The molecule has 0 fully saturated rings. The third kappa shape index (κ3) is 4.29. The Kier molecular flexibility index (Phi) is 6.30. The molecule has 0 aliphatic carbocycles. The van der Waals surface area contributed by atoms with Crippen LogP contribution >= 0.6 is 0 Å². The van der Waals surface area contributed by atoms with Crippen molar-refractivity contribution in [2.75, 3.05) is 0 Å². The summed E-state index contributed by atoms with van der Waals surface area (Å²) in [4.78, 5) is 0. The Morgan fingerprint density at radius 2 is 0.902 bits per heavy atom. The third-order valence-corrected chi connectivity index (χ3v) is 13.1. The molecule has 0 unspecified atom stereocenters. The van der Waals surface area contributed by atoms with Gasteiger partial charge in [0.05, 0.1) is 0 Å². The van der Waals surface area contributed by atoms with Crippen LogP contribution in [-0.2, 0) is 0 Å². The zero-order chi connectivity index (χ0) is 33.5. The second kappa shape index (κ2) is 11.2. The van der Waals surface area contributed by atoms with E-state index in [1.807, 2.05) is 0 Å². The molecule has 0 saturated heterocycles. The summed E-state index contributed by atoms with van der Waals surface area (Å²) in [5.74, 6) is 0. The molecule has 8 aromatic carbocycles. The zero-order valence-electron chi connectivity index (χ0n) is 27.6. The number of aromatic nitrogens is 2. The number of fused-ring (bicyclic) bond motifs is 9. The van der Waals surface area contributed by atoms with E-state index >= 15 is 0 Å². The molecule has 3 aromatic heterocycles. The van der Waals surface area contributed by atoms with Crippen LogP contribution in [0.5, 0.6) is 0 Å². The van der Waals surface area contributed by atoms with Crippen molar-refractivity contribution in [2.45, 2.75) is 0 Å². The molecule has 11 rings (SSSR count). The SMILES string of the molecule is c1ccc(-c2ccc(-c3cccc4c3[se]c3cccc(-n5c6ccccc6c6ccc(-n7c8ccccc8c8ccccc87)cc65)c34)cc2)cc1. The van der Waals surface area contributed by atoms with Gasteiger partial charge in [-0.25, -0.2) is 0 Å². The second-order valence-electron chi connectivity index (χ2n) is 13.3. The number of benzene rings is 8. The molecule has 51 heavy (non-hydrogen) atoms. The normalized spacial score (nSPS) is 11.9. The molecule has 0 saturated carbocycles. The number of hydrogen-bond acceptors (Lipinski definition) is 0. The molecule has 0 N–H and O–H groups in total. The summed E-state index contributed by atoms with van der Waals surface area (Å²) in [6, 6.07) is 67.0. The minimum absolute atomic E-state index is 0.183. The number of rotatable bonds is 4. The van der Waals surface area contributed by atoms with Gasteiger partial charge in [-0.3, -0.25) is 0 Å². The van der Waals surface area contributed by atoms with Crippen molar-refractivity contribution < 1.29 is 0 Å². The Morgan fingerprint density at radius 3 is 1.61 bits per heavy atom. The fourth-order valence-corrected chi connectivity index (χ4v) is 10.9. The van der Waals surface area contributed by atoms with E-state index in [4.69, 9.17) is 0 Å². The Bertz CT molecular complexity index is 3070. The van der Waals surface area contributed by atoms with Gasteiger partial charge in [0.25, 0.3) is 0 Å². The molecule has 0 radical (unpaired) electrons. The van der Waals surface area contributed by atoms with E-state index in [2.05, 4.69) is 191 Å². The first-order valence-electron chi connectivity index (χ1n) is 17.4.